The molecule has 0 fully saturated rings. The van der Waals surface area contributed by atoms with E-state index in [-0.39, 0.29) is 17.3 Å². The van der Waals surface area contributed by atoms with E-state index < -0.39 is 0 Å². The van der Waals surface area contributed by atoms with Crippen LogP contribution < -0.4 is 11.0 Å². The number of nitrogens with zero attached hydrogens (tertiary/aromatic N) is 1. The second kappa shape index (κ2) is 8.60. The molecule has 5 rings (SSSR count). The van der Waals surface area contributed by atoms with Gasteiger partial charge in [-0.1, -0.05) is 72.4 Å². The average molecular weight is 443 g/mol. The molecule has 7 nitrogen and oxygen atoms in total. The molecule has 0 saturated heterocycles. The highest BCUT2D eigenvalue weighted by molar-refractivity contribution is 7.99. The summed E-state index contributed by atoms with van der Waals surface area (Å²) < 4.78 is 6.04. The molecule has 3 aromatic carbocycles. The number of anilines is 1. The van der Waals surface area contributed by atoms with Crippen molar-refractivity contribution >= 4 is 34.4 Å². The van der Waals surface area contributed by atoms with Crippen LogP contribution in [-0.4, -0.2) is 26.6 Å². The van der Waals surface area contributed by atoms with Crippen molar-refractivity contribution in [2.75, 3.05) is 11.1 Å². The number of rotatable bonds is 6. The van der Waals surface area contributed by atoms with Crippen LogP contribution in [0, 0.1) is 0 Å². The lowest BCUT2D eigenvalue weighted by Crippen LogP contribution is -2.13. The maximum Gasteiger partial charge on any atom is 0.323 e. The summed E-state index contributed by atoms with van der Waals surface area (Å²) in [5.74, 6) is 0.597. The zero-order valence-electron chi connectivity index (χ0n) is 16.8. The number of amides is 1. The van der Waals surface area contributed by atoms with Gasteiger partial charge in [0, 0.05) is 16.8 Å². The molecular weight excluding hydrogens is 424 g/mol. The van der Waals surface area contributed by atoms with Crippen molar-refractivity contribution in [3.63, 3.8) is 0 Å². The lowest BCUT2D eigenvalue weighted by molar-refractivity contribution is -0.113. The quantitative estimate of drug-likeness (QED) is 0.324. The number of hydrogen-bond donors (Lipinski definition) is 3. The van der Waals surface area contributed by atoms with E-state index in [0.29, 0.717) is 27.7 Å². The number of imidazole rings is 1. The first-order valence-electron chi connectivity index (χ1n) is 9.92. The number of carbonyl (C=O) groups is 1. The zero-order valence-corrected chi connectivity index (χ0v) is 17.6. The first-order chi connectivity index (χ1) is 15.7. The van der Waals surface area contributed by atoms with Crippen molar-refractivity contribution in [1.29, 1.82) is 0 Å². The van der Waals surface area contributed by atoms with Gasteiger partial charge in [-0.2, -0.15) is 0 Å². The van der Waals surface area contributed by atoms with E-state index in [9.17, 15) is 9.59 Å². The summed E-state index contributed by atoms with van der Waals surface area (Å²) in [5, 5.41) is 3.25. The standard InChI is InChI=1S/C24H18N4O3S/c29-20(25-17-11-12-18-19(13-17)27-23(30)26-18)14-32-24-28-21(15-7-3-1-4-8-15)22(31-24)16-9-5-2-6-10-16/h1-13H,14H2,(H,25,29)(H2,26,27,30). The van der Waals surface area contributed by atoms with E-state index in [1.807, 2.05) is 60.7 Å². The Morgan fingerprint density at radius 3 is 2.34 bits per heavy atom. The van der Waals surface area contributed by atoms with E-state index in [2.05, 4.69) is 20.3 Å². The Bertz CT molecular complexity index is 1380. The molecule has 0 spiro atoms. The molecular formula is C24H18N4O3S. The normalized spacial score (nSPS) is 11.0. The number of nitrogens with one attached hydrogen (secondary N) is 3. The fourth-order valence-electron chi connectivity index (χ4n) is 3.37. The molecule has 32 heavy (non-hydrogen) atoms. The highest BCUT2D eigenvalue weighted by Gasteiger charge is 2.18. The molecule has 2 heterocycles. The first-order valence-corrected chi connectivity index (χ1v) is 10.9. The van der Waals surface area contributed by atoms with Gasteiger partial charge in [0.2, 0.25) is 5.91 Å². The maximum atomic E-state index is 12.5. The molecule has 0 aliphatic carbocycles. The van der Waals surface area contributed by atoms with Crippen molar-refractivity contribution in [2.24, 2.45) is 0 Å². The topological polar surface area (TPSA) is 104 Å². The molecule has 0 saturated carbocycles. The van der Waals surface area contributed by atoms with Gasteiger partial charge in [0.05, 0.1) is 16.8 Å². The highest BCUT2D eigenvalue weighted by Crippen LogP contribution is 2.35. The summed E-state index contributed by atoms with van der Waals surface area (Å²) in [4.78, 5) is 33.9. The Hall–Kier alpha value is -4.04. The van der Waals surface area contributed by atoms with Gasteiger partial charge in [-0.3, -0.25) is 4.79 Å². The Kier molecular flexibility index (Phi) is 5.35. The number of aromatic amines is 2. The van der Waals surface area contributed by atoms with E-state index in [1.165, 1.54) is 11.8 Å². The second-order valence-corrected chi connectivity index (χ2v) is 7.99. The number of benzene rings is 3. The molecule has 0 atom stereocenters. The number of aromatic nitrogens is 3. The van der Waals surface area contributed by atoms with Gasteiger partial charge in [-0.25, -0.2) is 9.78 Å². The van der Waals surface area contributed by atoms with Gasteiger partial charge in [0.1, 0.15) is 5.69 Å². The summed E-state index contributed by atoms with van der Waals surface area (Å²) in [6.45, 7) is 0. The highest BCUT2D eigenvalue weighted by atomic mass is 32.2. The number of thioether (sulfide) groups is 1. The monoisotopic (exact) mass is 442 g/mol. The fourth-order valence-corrected chi connectivity index (χ4v) is 4.00. The number of H-pyrrole nitrogens is 2. The molecule has 8 heteroatoms. The van der Waals surface area contributed by atoms with Gasteiger partial charge >= 0.3 is 5.69 Å². The largest absolute Gasteiger partial charge is 0.431 e. The van der Waals surface area contributed by atoms with Crippen LogP contribution >= 0.6 is 11.8 Å². The van der Waals surface area contributed by atoms with Gasteiger partial charge in [-0.15, -0.1) is 0 Å². The van der Waals surface area contributed by atoms with Crippen molar-refractivity contribution in [3.05, 3.63) is 89.3 Å². The van der Waals surface area contributed by atoms with Crippen LogP contribution in [0.1, 0.15) is 0 Å². The Balaban J connectivity index is 1.34. The number of hydrogen-bond acceptors (Lipinski definition) is 5. The molecule has 0 bridgehead atoms. The number of oxazole rings is 1. The van der Waals surface area contributed by atoms with Crippen LogP contribution in [0.2, 0.25) is 0 Å². The Morgan fingerprint density at radius 2 is 1.59 bits per heavy atom. The molecule has 1 amide bonds. The minimum Gasteiger partial charge on any atom is -0.431 e. The van der Waals surface area contributed by atoms with E-state index in [0.717, 1.165) is 16.8 Å². The fraction of sp³-hybridized carbons (Fsp3) is 0.0417. The number of fused-ring (bicyclic) bond motifs is 1. The minimum atomic E-state index is -0.286. The van der Waals surface area contributed by atoms with Gasteiger partial charge in [-0.05, 0) is 18.2 Å². The third kappa shape index (κ3) is 4.21. The molecule has 2 aromatic heterocycles. The Morgan fingerprint density at radius 1 is 0.906 bits per heavy atom. The summed E-state index contributed by atoms with van der Waals surface area (Å²) in [5.41, 5.74) is 4.23. The maximum absolute atomic E-state index is 12.5. The van der Waals surface area contributed by atoms with Crippen LogP contribution in [0.15, 0.2) is 93.3 Å². The van der Waals surface area contributed by atoms with Crippen LogP contribution in [0.25, 0.3) is 33.6 Å². The summed E-state index contributed by atoms with van der Waals surface area (Å²) in [7, 11) is 0. The number of carbonyl (C=O) groups excluding carboxylic acids is 1. The first kappa shape index (κ1) is 19.9. The van der Waals surface area contributed by atoms with E-state index in [1.54, 1.807) is 18.2 Å². The molecule has 0 unspecified atom stereocenters. The lowest BCUT2D eigenvalue weighted by atomic mass is 10.1. The molecule has 0 aliphatic heterocycles. The molecule has 0 radical (unpaired) electrons. The van der Waals surface area contributed by atoms with Crippen molar-refractivity contribution in [2.45, 2.75) is 5.22 Å². The molecule has 3 N–H and O–H groups in total. The molecule has 158 valence electrons. The van der Waals surface area contributed by atoms with Crippen LogP contribution in [0.4, 0.5) is 5.69 Å². The third-order valence-electron chi connectivity index (χ3n) is 4.82. The smallest absolute Gasteiger partial charge is 0.323 e. The van der Waals surface area contributed by atoms with Gasteiger partial charge < -0.3 is 19.7 Å². The van der Waals surface area contributed by atoms with Crippen LogP contribution in [0.5, 0.6) is 0 Å². The molecule has 0 aliphatic rings. The summed E-state index contributed by atoms with van der Waals surface area (Å²) in [6, 6.07) is 24.8. The van der Waals surface area contributed by atoms with E-state index in [4.69, 9.17) is 4.42 Å². The molecule has 5 aromatic rings. The minimum absolute atomic E-state index is 0.130. The lowest BCUT2D eigenvalue weighted by Gasteiger charge is -2.04. The van der Waals surface area contributed by atoms with Crippen LogP contribution in [0.3, 0.4) is 0 Å². The van der Waals surface area contributed by atoms with Crippen molar-refractivity contribution < 1.29 is 9.21 Å². The van der Waals surface area contributed by atoms with Crippen molar-refractivity contribution in [3.8, 4) is 22.6 Å². The predicted octanol–water partition coefficient (Wildman–Crippen LogP) is 4.91. The average Bonchev–Trinajstić information content (AvgIpc) is 3.41. The Labute approximate surface area is 186 Å². The van der Waals surface area contributed by atoms with Crippen LogP contribution in [-0.2, 0) is 4.79 Å². The third-order valence-corrected chi connectivity index (χ3v) is 5.65. The summed E-state index contributed by atoms with van der Waals surface area (Å²) >= 11 is 1.23. The SMILES string of the molecule is O=C(CSc1nc(-c2ccccc2)c(-c2ccccc2)o1)Nc1ccc2[nH]c(=O)[nH]c2c1. The zero-order chi connectivity index (χ0) is 21.9. The van der Waals surface area contributed by atoms with Gasteiger partial charge in [0.15, 0.2) is 5.76 Å². The van der Waals surface area contributed by atoms with Crippen molar-refractivity contribution in [1.82, 2.24) is 15.0 Å². The second-order valence-electron chi connectivity index (χ2n) is 7.07. The van der Waals surface area contributed by atoms with Gasteiger partial charge in [0.25, 0.3) is 5.22 Å². The predicted molar refractivity (Wildman–Crippen MR) is 126 cm³/mol. The summed E-state index contributed by atoms with van der Waals surface area (Å²) in [6.07, 6.45) is 0. The van der Waals surface area contributed by atoms with E-state index >= 15 is 0 Å².